The van der Waals surface area contributed by atoms with E-state index in [2.05, 4.69) is 32.6 Å². The number of amides is 1. The maximum Gasteiger partial charge on any atom is 0.337 e. The molecule has 3 aromatic carbocycles. The number of nitrogens with zero attached hydrogens (tertiary/aromatic N) is 1. The lowest BCUT2D eigenvalue weighted by molar-refractivity contribution is -0.112. The number of methoxy groups -OCH3 is 1. The molecule has 0 aliphatic rings. The third kappa shape index (κ3) is 6.91. The summed E-state index contributed by atoms with van der Waals surface area (Å²) in [7, 11) is 1.28. The fourth-order valence-electron chi connectivity index (χ4n) is 2.95. The Morgan fingerprint density at radius 3 is 2.26 bits per heavy atom. The standard InChI is InChI=1S/C26H19IN2O6/c1-34-26(33)19-7-9-21(10-8-19)29-24(30)20(14-28)12-17-4-11-23(22(27)13-17)35-15-16-2-5-18(6-3-16)25(31)32/h2-13H,15H2,1H3,(H,29,30)(H,31,32)/b20-12+. The van der Waals surface area contributed by atoms with Crippen LogP contribution >= 0.6 is 22.6 Å². The van der Waals surface area contributed by atoms with Gasteiger partial charge in [-0.05, 0) is 88.3 Å². The highest BCUT2D eigenvalue weighted by Crippen LogP contribution is 2.24. The number of aromatic carboxylic acids is 1. The van der Waals surface area contributed by atoms with Crippen LogP contribution in [-0.2, 0) is 16.1 Å². The zero-order valence-corrected chi connectivity index (χ0v) is 20.6. The van der Waals surface area contributed by atoms with Gasteiger partial charge in [-0.3, -0.25) is 4.79 Å². The van der Waals surface area contributed by atoms with Crippen LogP contribution in [0.2, 0.25) is 0 Å². The number of carboxylic acids is 1. The lowest BCUT2D eigenvalue weighted by Gasteiger charge is -2.10. The molecular formula is C26H19IN2O6. The third-order valence-corrected chi connectivity index (χ3v) is 5.63. The van der Waals surface area contributed by atoms with E-state index >= 15 is 0 Å². The Kier molecular flexibility index (Phi) is 8.58. The molecule has 176 valence electrons. The van der Waals surface area contributed by atoms with Crippen LogP contribution in [0.15, 0.2) is 72.3 Å². The highest BCUT2D eigenvalue weighted by molar-refractivity contribution is 14.1. The molecule has 0 heterocycles. The molecule has 3 aromatic rings. The van der Waals surface area contributed by atoms with Crippen molar-refractivity contribution in [2.45, 2.75) is 6.61 Å². The lowest BCUT2D eigenvalue weighted by Crippen LogP contribution is -2.13. The Morgan fingerprint density at radius 1 is 1.03 bits per heavy atom. The van der Waals surface area contributed by atoms with Crippen LogP contribution < -0.4 is 10.1 Å². The number of halogens is 1. The van der Waals surface area contributed by atoms with Crippen molar-refractivity contribution in [3.05, 3.63) is 98.1 Å². The Hall–Kier alpha value is -4.17. The van der Waals surface area contributed by atoms with Crippen molar-refractivity contribution in [3.63, 3.8) is 0 Å². The van der Waals surface area contributed by atoms with Crippen molar-refractivity contribution in [1.82, 2.24) is 0 Å². The number of esters is 1. The van der Waals surface area contributed by atoms with Gasteiger partial charge in [-0.1, -0.05) is 18.2 Å². The molecule has 2 N–H and O–H groups in total. The molecule has 1 amide bonds. The lowest BCUT2D eigenvalue weighted by atomic mass is 10.1. The number of ether oxygens (including phenoxy) is 2. The van der Waals surface area contributed by atoms with Crippen molar-refractivity contribution in [1.29, 1.82) is 5.26 Å². The maximum absolute atomic E-state index is 12.5. The Labute approximate surface area is 214 Å². The van der Waals surface area contributed by atoms with E-state index in [0.717, 1.165) is 9.13 Å². The molecule has 0 unspecified atom stereocenters. The first kappa shape index (κ1) is 25.5. The molecule has 0 aliphatic carbocycles. The van der Waals surface area contributed by atoms with Gasteiger partial charge in [0.25, 0.3) is 5.91 Å². The summed E-state index contributed by atoms with van der Waals surface area (Å²) in [6.45, 7) is 0.256. The highest BCUT2D eigenvalue weighted by Gasteiger charge is 2.12. The van der Waals surface area contributed by atoms with Gasteiger partial charge in [0.2, 0.25) is 0 Å². The second kappa shape index (κ2) is 11.8. The van der Waals surface area contributed by atoms with Gasteiger partial charge < -0.3 is 19.9 Å². The second-order valence-corrected chi connectivity index (χ2v) is 8.34. The quantitative estimate of drug-likeness (QED) is 0.168. The molecule has 0 aliphatic heterocycles. The first-order valence-electron chi connectivity index (χ1n) is 10.2. The van der Waals surface area contributed by atoms with Crippen LogP contribution in [0.5, 0.6) is 5.75 Å². The van der Waals surface area contributed by atoms with E-state index < -0.39 is 17.8 Å². The van der Waals surface area contributed by atoms with Gasteiger partial charge >= 0.3 is 11.9 Å². The summed E-state index contributed by atoms with van der Waals surface area (Å²) in [6.07, 6.45) is 1.47. The molecule has 8 nitrogen and oxygen atoms in total. The smallest absolute Gasteiger partial charge is 0.337 e. The number of anilines is 1. The van der Waals surface area contributed by atoms with Crippen molar-refractivity contribution in [3.8, 4) is 11.8 Å². The van der Waals surface area contributed by atoms with Crippen molar-refractivity contribution in [2.75, 3.05) is 12.4 Å². The average molecular weight is 582 g/mol. The van der Waals surface area contributed by atoms with Gasteiger partial charge in [0.05, 0.1) is 21.8 Å². The molecule has 0 radical (unpaired) electrons. The molecule has 0 saturated heterocycles. The first-order chi connectivity index (χ1) is 16.8. The predicted molar refractivity (Wildman–Crippen MR) is 137 cm³/mol. The molecule has 0 spiro atoms. The largest absolute Gasteiger partial charge is 0.488 e. The van der Waals surface area contributed by atoms with E-state index in [9.17, 15) is 19.6 Å². The first-order valence-corrected chi connectivity index (χ1v) is 11.2. The average Bonchev–Trinajstić information content (AvgIpc) is 2.86. The van der Waals surface area contributed by atoms with Crippen LogP contribution in [-0.4, -0.2) is 30.1 Å². The van der Waals surface area contributed by atoms with Crippen LogP contribution in [0.3, 0.4) is 0 Å². The molecule has 0 bridgehead atoms. The number of carbonyl (C=O) groups is 3. The topological polar surface area (TPSA) is 126 Å². The molecule has 0 fully saturated rings. The molecule has 35 heavy (non-hydrogen) atoms. The van der Waals surface area contributed by atoms with Crippen molar-refractivity contribution < 1.29 is 29.0 Å². The predicted octanol–water partition coefficient (Wildman–Crippen LogP) is 4.90. The number of hydrogen-bond donors (Lipinski definition) is 2. The summed E-state index contributed by atoms with van der Waals surface area (Å²) < 4.78 is 11.2. The van der Waals surface area contributed by atoms with E-state index in [0.29, 0.717) is 22.6 Å². The molecule has 9 heteroatoms. The minimum atomic E-state index is -0.988. The van der Waals surface area contributed by atoms with Crippen LogP contribution in [0.25, 0.3) is 6.08 Å². The summed E-state index contributed by atoms with van der Waals surface area (Å²) in [5, 5.41) is 21.1. The number of carbonyl (C=O) groups excluding carboxylic acids is 2. The van der Waals surface area contributed by atoms with E-state index in [1.165, 1.54) is 37.5 Å². The van der Waals surface area contributed by atoms with E-state index in [1.807, 2.05) is 6.07 Å². The van der Waals surface area contributed by atoms with Crippen LogP contribution in [0, 0.1) is 14.9 Å². The van der Waals surface area contributed by atoms with Crippen LogP contribution in [0.1, 0.15) is 31.8 Å². The summed E-state index contributed by atoms with van der Waals surface area (Å²) in [5.74, 6) is -1.45. The Balaban J connectivity index is 1.66. The van der Waals surface area contributed by atoms with E-state index in [-0.39, 0.29) is 17.7 Å². The van der Waals surface area contributed by atoms with Gasteiger partial charge in [0.15, 0.2) is 0 Å². The summed E-state index contributed by atoms with van der Waals surface area (Å²) >= 11 is 2.10. The highest BCUT2D eigenvalue weighted by atomic mass is 127. The maximum atomic E-state index is 12.5. The molecule has 3 rings (SSSR count). The van der Waals surface area contributed by atoms with Gasteiger partial charge in [0.1, 0.15) is 24.0 Å². The molecule has 0 saturated carbocycles. The molecular weight excluding hydrogens is 563 g/mol. The van der Waals surface area contributed by atoms with Gasteiger partial charge in [-0.15, -0.1) is 0 Å². The van der Waals surface area contributed by atoms with Crippen molar-refractivity contribution >= 4 is 52.2 Å². The third-order valence-electron chi connectivity index (χ3n) is 4.79. The van der Waals surface area contributed by atoms with Crippen LogP contribution in [0.4, 0.5) is 5.69 Å². The van der Waals surface area contributed by atoms with Gasteiger partial charge in [-0.25, -0.2) is 9.59 Å². The zero-order valence-electron chi connectivity index (χ0n) is 18.4. The number of nitriles is 1. The van der Waals surface area contributed by atoms with Gasteiger partial charge in [-0.2, -0.15) is 5.26 Å². The monoisotopic (exact) mass is 582 g/mol. The summed E-state index contributed by atoms with van der Waals surface area (Å²) in [5.41, 5.74) is 2.34. The Bertz CT molecular complexity index is 1330. The Morgan fingerprint density at radius 2 is 1.69 bits per heavy atom. The zero-order chi connectivity index (χ0) is 25.4. The summed E-state index contributed by atoms with van der Waals surface area (Å²) in [6, 6.07) is 19.7. The molecule has 0 atom stereocenters. The number of hydrogen-bond acceptors (Lipinski definition) is 6. The normalized spacial score (nSPS) is 10.7. The minimum Gasteiger partial charge on any atom is -0.488 e. The van der Waals surface area contributed by atoms with E-state index in [1.54, 1.807) is 42.5 Å². The second-order valence-electron chi connectivity index (χ2n) is 7.17. The fraction of sp³-hybridized carbons (Fsp3) is 0.0769. The van der Waals surface area contributed by atoms with Crippen molar-refractivity contribution in [2.24, 2.45) is 0 Å². The number of benzene rings is 3. The number of nitrogens with one attached hydrogen (secondary N) is 1. The summed E-state index contributed by atoms with van der Waals surface area (Å²) in [4.78, 5) is 35.0. The minimum absolute atomic E-state index is 0.0926. The van der Waals surface area contributed by atoms with E-state index in [4.69, 9.17) is 9.84 Å². The number of carboxylic acid groups (broad SMARTS) is 1. The molecule has 0 aromatic heterocycles. The van der Waals surface area contributed by atoms with Gasteiger partial charge in [0, 0.05) is 5.69 Å². The number of rotatable bonds is 8. The fourth-order valence-corrected chi connectivity index (χ4v) is 3.64. The SMILES string of the molecule is COC(=O)c1ccc(NC(=O)/C(C#N)=C/c2ccc(OCc3ccc(C(=O)O)cc3)c(I)c2)cc1.